The minimum Gasteiger partial charge on any atom is -0.497 e. The van der Waals surface area contributed by atoms with E-state index in [1.165, 1.54) is 5.56 Å². The summed E-state index contributed by atoms with van der Waals surface area (Å²) in [5, 5.41) is 1.66. The molecule has 0 aliphatic carbocycles. The van der Waals surface area contributed by atoms with Crippen LogP contribution in [0.4, 0.5) is 0 Å². The quantitative estimate of drug-likeness (QED) is 0.358. The Morgan fingerprint density at radius 1 is 0.963 bits per heavy atom. The van der Waals surface area contributed by atoms with E-state index in [0.29, 0.717) is 10.6 Å². The van der Waals surface area contributed by atoms with Crippen molar-refractivity contribution in [3.05, 3.63) is 88.4 Å². The van der Waals surface area contributed by atoms with Gasteiger partial charge in [-0.25, -0.2) is 0 Å². The van der Waals surface area contributed by atoms with Crippen LogP contribution in [0.15, 0.2) is 66.7 Å². The molecule has 0 atom stereocenters. The van der Waals surface area contributed by atoms with Gasteiger partial charge < -0.3 is 4.74 Å². The van der Waals surface area contributed by atoms with Crippen LogP contribution >= 0.6 is 22.9 Å². The zero-order chi connectivity index (χ0) is 19.0. The summed E-state index contributed by atoms with van der Waals surface area (Å²) in [5.74, 6) is 0.744. The van der Waals surface area contributed by atoms with E-state index < -0.39 is 0 Å². The highest BCUT2D eigenvalue weighted by Crippen LogP contribution is 2.40. The lowest BCUT2D eigenvalue weighted by Crippen LogP contribution is -2.02. The summed E-state index contributed by atoms with van der Waals surface area (Å²) in [4.78, 5) is 14.4. The number of fused-ring (bicyclic) bond motifs is 1. The van der Waals surface area contributed by atoms with Gasteiger partial charge in [0.25, 0.3) is 0 Å². The van der Waals surface area contributed by atoms with E-state index in [-0.39, 0.29) is 5.78 Å². The first kappa shape index (κ1) is 17.8. The van der Waals surface area contributed by atoms with Crippen molar-refractivity contribution in [2.45, 2.75) is 6.92 Å². The summed E-state index contributed by atoms with van der Waals surface area (Å²) in [6.07, 6.45) is 0. The van der Waals surface area contributed by atoms with Crippen LogP contribution in [0.5, 0.6) is 5.75 Å². The lowest BCUT2D eigenvalue weighted by Gasteiger charge is -2.06. The van der Waals surface area contributed by atoms with E-state index in [0.717, 1.165) is 31.8 Å². The molecule has 4 heteroatoms. The molecule has 0 spiro atoms. The molecule has 0 N–H and O–H groups in total. The van der Waals surface area contributed by atoms with Crippen molar-refractivity contribution in [1.29, 1.82) is 0 Å². The Kier molecular flexibility index (Phi) is 4.73. The number of hydrogen-bond donors (Lipinski definition) is 0. The maximum atomic E-state index is 13.4. The lowest BCUT2D eigenvalue weighted by molar-refractivity contribution is 0.104. The van der Waals surface area contributed by atoms with Crippen LogP contribution in [0.25, 0.3) is 20.5 Å². The van der Waals surface area contributed by atoms with Gasteiger partial charge in [-0.15, -0.1) is 11.3 Å². The summed E-state index contributed by atoms with van der Waals surface area (Å²) in [6.45, 7) is 2.06. The Morgan fingerprint density at radius 2 is 1.67 bits per heavy atom. The number of thiophene rings is 1. The summed E-state index contributed by atoms with van der Waals surface area (Å²) in [5.41, 5.74) is 3.55. The monoisotopic (exact) mass is 392 g/mol. The molecule has 27 heavy (non-hydrogen) atoms. The molecule has 0 radical (unpaired) electrons. The van der Waals surface area contributed by atoms with Crippen molar-refractivity contribution in [1.82, 2.24) is 0 Å². The highest BCUT2D eigenvalue weighted by molar-refractivity contribution is 7.22. The molecule has 0 bridgehead atoms. The van der Waals surface area contributed by atoms with Crippen LogP contribution in [-0.2, 0) is 0 Å². The number of hydrogen-bond acceptors (Lipinski definition) is 3. The average Bonchev–Trinajstić information content (AvgIpc) is 3.06. The van der Waals surface area contributed by atoms with E-state index in [4.69, 9.17) is 16.3 Å². The van der Waals surface area contributed by atoms with Gasteiger partial charge >= 0.3 is 0 Å². The Bertz CT molecular complexity index is 1130. The summed E-state index contributed by atoms with van der Waals surface area (Å²) in [7, 11) is 1.62. The van der Waals surface area contributed by atoms with E-state index in [9.17, 15) is 4.79 Å². The zero-order valence-corrected chi connectivity index (χ0v) is 16.5. The summed E-state index contributed by atoms with van der Waals surface area (Å²) >= 11 is 7.69. The number of methoxy groups -OCH3 is 1. The number of carbonyl (C=O) groups is 1. The molecule has 0 aliphatic heterocycles. The van der Waals surface area contributed by atoms with E-state index in [2.05, 4.69) is 13.0 Å². The van der Waals surface area contributed by atoms with Crippen molar-refractivity contribution in [2.75, 3.05) is 7.11 Å². The molecule has 0 saturated heterocycles. The molecule has 4 aromatic rings. The smallest absolute Gasteiger partial charge is 0.195 e. The van der Waals surface area contributed by atoms with Crippen molar-refractivity contribution in [2.24, 2.45) is 0 Å². The predicted molar refractivity (Wildman–Crippen MR) is 113 cm³/mol. The van der Waals surface area contributed by atoms with Gasteiger partial charge in [-0.3, -0.25) is 4.79 Å². The van der Waals surface area contributed by atoms with Crippen LogP contribution < -0.4 is 4.74 Å². The van der Waals surface area contributed by atoms with Gasteiger partial charge in [-0.1, -0.05) is 35.9 Å². The molecule has 0 saturated carbocycles. The number of aryl methyl sites for hydroxylation is 1. The largest absolute Gasteiger partial charge is 0.497 e. The molecule has 134 valence electrons. The Morgan fingerprint density at radius 3 is 2.33 bits per heavy atom. The lowest BCUT2D eigenvalue weighted by atomic mass is 9.97. The number of ether oxygens (including phenoxy) is 1. The van der Waals surface area contributed by atoms with Crippen LogP contribution in [0, 0.1) is 6.92 Å². The van der Waals surface area contributed by atoms with Gasteiger partial charge in [0.2, 0.25) is 0 Å². The first-order valence-electron chi connectivity index (χ1n) is 8.54. The average molecular weight is 393 g/mol. The third-order valence-electron chi connectivity index (χ3n) is 4.53. The van der Waals surface area contributed by atoms with Gasteiger partial charge in [-0.2, -0.15) is 0 Å². The molecular weight excluding hydrogens is 376 g/mol. The van der Waals surface area contributed by atoms with Crippen LogP contribution in [0.3, 0.4) is 0 Å². The van der Waals surface area contributed by atoms with E-state index in [1.54, 1.807) is 18.4 Å². The number of carbonyl (C=O) groups excluding carboxylic acids is 1. The van der Waals surface area contributed by atoms with Gasteiger partial charge in [0.1, 0.15) is 5.75 Å². The second-order valence-corrected chi connectivity index (χ2v) is 7.86. The molecule has 0 fully saturated rings. The Labute approximate surface area is 167 Å². The van der Waals surface area contributed by atoms with Gasteiger partial charge in [0.15, 0.2) is 5.78 Å². The van der Waals surface area contributed by atoms with Crippen LogP contribution in [-0.4, -0.2) is 12.9 Å². The standard InChI is InChI=1S/C23H17ClO2S/c1-14-3-12-19-20(13-14)27-23(16-4-8-17(24)9-5-16)21(19)22(25)15-6-10-18(26-2)11-7-15/h3-13H,1-2H3. The Balaban J connectivity index is 1.92. The number of benzene rings is 3. The third kappa shape index (κ3) is 3.36. The van der Waals surface area contributed by atoms with Crippen molar-refractivity contribution in [3.8, 4) is 16.2 Å². The first-order chi connectivity index (χ1) is 13.1. The fourth-order valence-electron chi connectivity index (χ4n) is 3.12. The fraction of sp³-hybridized carbons (Fsp3) is 0.0870. The minimum atomic E-state index is 0.0118. The van der Waals surface area contributed by atoms with Crippen LogP contribution in [0.1, 0.15) is 21.5 Å². The van der Waals surface area contributed by atoms with Gasteiger partial charge in [0.05, 0.1) is 7.11 Å². The summed E-state index contributed by atoms with van der Waals surface area (Å²) < 4.78 is 6.31. The normalized spacial score (nSPS) is 10.9. The highest BCUT2D eigenvalue weighted by Gasteiger charge is 2.21. The zero-order valence-electron chi connectivity index (χ0n) is 15.0. The van der Waals surface area contributed by atoms with Gasteiger partial charge in [0, 0.05) is 31.1 Å². The van der Waals surface area contributed by atoms with E-state index in [1.807, 2.05) is 60.7 Å². The minimum absolute atomic E-state index is 0.0118. The van der Waals surface area contributed by atoms with Crippen molar-refractivity contribution in [3.63, 3.8) is 0 Å². The Hall–Kier alpha value is -2.62. The summed E-state index contributed by atoms with van der Waals surface area (Å²) in [6, 6.07) is 21.1. The molecule has 1 heterocycles. The van der Waals surface area contributed by atoms with E-state index >= 15 is 0 Å². The highest BCUT2D eigenvalue weighted by atomic mass is 35.5. The number of ketones is 1. The molecule has 0 aliphatic rings. The van der Waals surface area contributed by atoms with Crippen LogP contribution in [0.2, 0.25) is 5.02 Å². The maximum Gasteiger partial charge on any atom is 0.195 e. The second kappa shape index (κ2) is 7.18. The van der Waals surface area contributed by atoms with Gasteiger partial charge in [-0.05, 0) is 60.5 Å². The molecule has 0 amide bonds. The number of halogens is 1. The molecule has 2 nitrogen and oxygen atoms in total. The topological polar surface area (TPSA) is 26.3 Å². The number of rotatable bonds is 4. The molecule has 1 aromatic heterocycles. The molecular formula is C23H17ClO2S. The third-order valence-corrected chi connectivity index (χ3v) is 5.98. The SMILES string of the molecule is COc1ccc(C(=O)c2c(-c3ccc(Cl)cc3)sc3cc(C)ccc23)cc1. The second-order valence-electron chi connectivity index (χ2n) is 6.37. The van der Waals surface area contributed by atoms with Crippen molar-refractivity contribution >= 4 is 38.8 Å². The molecule has 4 rings (SSSR count). The van der Waals surface area contributed by atoms with Crippen molar-refractivity contribution < 1.29 is 9.53 Å². The predicted octanol–water partition coefficient (Wildman–Crippen LogP) is 6.77. The fourth-order valence-corrected chi connectivity index (χ4v) is 4.55. The maximum absolute atomic E-state index is 13.4. The first-order valence-corrected chi connectivity index (χ1v) is 9.74. The molecule has 0 unspecified atom stereocenters. The molecule has 3 aromatic carbocycles.